The van der Waals surface area contributed by atoms with Crippen LogP contribution >= 0.6 is 15.9 Å². The van der Waals surface area contributed by atoms with Gasteiger partial charge in [0.15, 0.2) is 18.2 Å². The van der Waals surface area contributed by atoms with Crippen LogP contribution in [0.1, 0.15) is 6.42 Å². The van der Waals surface area contributed by atoms with Gasteiger partial charge in [-0.2, -0.15) is 0 Å². The van der Waals surface area contributed by atoms with Gasteiger partial charge < -0.3 is 19.9 Å². The lowest BCUT2D eigenvalue weighted by atomic mass is 10.0. The van der Waals surface area contributed by atoms with Crippen molar-refractivity contribution >= 4 is 21.8 Å². The molecule has 2 N–H and O–H groups in total. The van der Waals surface area contributed by atoms with E-state index < -0.39 is 17.3 Å². The number of amides is 1. The Morgan fingerprint density at radius 1 is 1.60 bits per heavy atom. The molecule has 0 spiro atoms. The van der Waals surface area contributed by atoms with Crippen molar-refractivity contribution in [2.75, 3.05) is 26.4 Å². The minimum atomic E-state index is -1.02. The number of benzene rings is 1. The Labute approximate surface area is 124 Å². The van der Waals surface area contributed by atoms with Gasteiger partial charge >= 0.3 is 0 Å². The van der Waals surface area contributed by atoms with Crippen LogP contribution in [0.2, 0.25) is 0 Å². The van der Waals surface area contributed by atoms with Crippen molar-refractivity contribution in [1.29, 1.82) is 0 Å². The summed E-state index contributed by atoms with van der Waals surface area (Å²) in [6.07, 6.45) is 0.482. The highest BCUT2D eigenvalue weighted by molar-refractivity contribution is 9.10. The van der Waals surface area contributed by atoms with Crippen molar-refractivity contribution in [3.8, 4) is 5.75 Å². The zero-order chi connectivity index (χ0) is 14.6. The van der Waals surface area contributed by atoms with Gasteiger partial charge in [0, 0.05) is 24.0 Å². The van der Waals surface area contributed by atoms with Gasteiger partial charge in [0.1, 0.15) is 5.60 Å². The molecule has 0 aliphatic carbocycles. The van der Waals surface area contributed by atoms with Gasteiger partial charge in [-0.05, 0) is 18.2 Å². The number of ether oxygens (including phenoxy) is 2. The molecule has 1 aliphatic heterocycles. The summed E-state index contributed by atoms with van der Waals surface area (Å²) in [5.74, 6) is -0.964. The third kappa shape index (κ3) is 4.16. The molecular weight excluding hydrogens is 333 g/mol. The minimum Gasteiger partial charge on any atom is -0.481 e. The number of rotatable bonds is 5. The Hall–Kier alpha value is -1.18. The van der Waals surface area contributed by atoms with Crippen molar-refractivity contribution in [3.63, 3.8) is 0 Å². The van der Waals surface area contributed by atoms with Crippen LogP contribution in [0.15, 0.2) is 22.7 Å². The van der Waals surface area contributed by atoms with Crippen LogP contribution < -0.4 is 10.1 Å². The van der Waals surface area contributed by atoms with E-state index in [-0.39, 0.29) is 25.5 Å². The lowest BCUT2D eigenvalue weighted by Crippen LogP contribution is -2.44. The van der Waals surface area contributed by atoms with Crippen LogP contribution in [0.4, 0.5) is 4.39 Å². The molecule has 7 heteroatoms. The largest absolute Gasteiger partial charge is 0.481 e. The summed E-state index contributed by atoms with van der Waals surface area (Å²) >= 11 is 3.13. The summed E-state index contributed by atoms with van der Waals surface area (Å²) in [6, 6.07) is 4.31. The zero-order valence-corrected chi connectivity index (χ0v) is 12.3. The smallest absolute Gasteiger partial charge is 0.258 e. The molecule has 5 nitrogen and oxygen atoms in total. The number of carbonyl (C=O) groups excluding carboxylic acids is 1. The van der Waals surface area contributed by atoms with Gasteiger partial charge in [0.25, 0.3) is 5.91 Å². The summed E-state index contributed by atoms with van der Waals surface area (Å²) in [4.78, 5) is 11.6. The summed E-state index contributed by atoms with van der Waals surface area (Å²) in [5, 5.41) is 12.5. The van der Waals surface area contributed by atoms with Gasteiger partial charge in [-0.25, -0.2) is 4.39 Å². The molecule has 1 aromatic rings. The van der Waals surface area contributed by atoms with Gasteiger partial charge in [-0.3, -0.25) is 4.79 Å². The summed E-state index contributed by atoms with van der Waals surface area (Å²) in [7, 11) is 0. The maximum atomic E-state index is 13.5. The third-order valence-electron chi connectivity index (χ3n) is 2.95. The second-order valence-corrected chi connectivity index (χ2v) is 5.58. The van der Waals surface area contributed by atoms with Crippen LogP contribution in [0.5, 0.6) is 5.75 Å². The standard InChI is InChI=1S/C13H15BrFNO4/c14-9-1-2-11(10(15)5-9)20-6-12(17)16-7-13(18)3-4-19-8-13/h1-2,5,18H,3-4,6-8H2,(H,16,17). The molecule has 1 atom stereocenters. The second-order valence-electron chi connectivity index (χ2n) is 4.67. The molecule has 20 heavy (non-hydrogen) atoms. The average molecular weight is 348 g/mol. The van der Waals surface area contributed by atoms with Gasteiger partial charge in [-0.15, -0.1) is 0 Å². The maximum Gasteiger partial charge on any atom is 0.258 e. The summed E-state index contributed by atoms with van der Waals surface area (Å²) in [6.45, 7) is 0.468. The predicted molar refractivity (Wildman–Crippen MR) is 73.0 cm³/mol. The first-order chi connectivity index (χ1) is 9.48. The Bertz CT molecular complexity index is 491. The molecule has 1 heterocycles. The molecule has 1 saturated heterocycles. The summed E-state index contributed by atoms with van der Waals surface area (Å²) in [5.41, 5.74) is -1.02. The number of halogens is 2. The van der Waals surface area contributed by atoms with Crippen molar-refractivity contribution < 1.29 is 23.8 Å². The quantitative estimate of drug-likeness (QED) is 0.840. The van der Waals surface area contributed by atoms with Crippen molar-refractivity contribution in [2.24, 2.45) is 0 Å². The zero-order valence-electron chi connectivity index (χ0n) is 10.7. The Morgan fingerprint density at radius 2 is 2.40 bits per heavy atom. The topological polar surface area (TPSA) is 67.8 Å². The highest BCUT2D eigenvalue weighted by Crippen LogP contribution is 2.21. The van der Waals surface area contributed by atoms with Crippen LogP contribution in [0.3, 0.4) is 0 Å². The van der Waals surface area contributed by atoms with E-state index in [1.54, 1.807) is 6.07 Å². The Kier molecular flexibility index (Phi) is 4.95. The molecule has 1 fully saturated rings. The Morgan fingerprint density at radius 3 is 3.05 bits per heavy atom. The Balaban J connectivity index is 1.77. The fraction of sp³-hybridized carbons (Fsp3) is 0.462. The summed E-state index contributed by atoms with van der Waals surface area (Å²) < 4.78 is 24.2. The molecule has 1 aliphatic rings. The lowest BCUT2D eigenvalue weighted by Gasteiger charge is -2.20. The molecule has 2 rings (SSSR count). The minimum absolute atomic E-state index is 0.00580. The lowest BCUT2D eigenvalue weighted by molar-refractivity contribution is -0.124. The molecule has 1 unspecified atom stereocenters. The number of hydrogen-bond donors (Lipinski definition) is 2. The normalized spacial score (nSPS) is 21.8. The van der Waals surface area contributed by atoms with Gasteiger partial charge in [0.2, 0.25) is 0 Å². The van der Waals surface area contributed by atoms with E-state index in [0.717, 1.165) is 0 Å². The van der Waals surface area contributed by atoms with Crippen LogP contribution in [0.25, 0.3) is 0 Å². The first kappa shape index (κ1) is 15.2. The highest BCUT2D eigenvalue weighted by atomic mass is 79.9. The number of aliphatic hydroxyl groups is 1. The maximum absolute atomic E-state index is 13.5. The average Bonchev–Trinajstić information content (AvgIpc) is 2.83. The molecule has 1 amide bonds. The van der Waals surface area contributed by atoms with Crippen molar-refractivity contribution in [2.45, 2.75) is 12.0 Å². The monoisotopic (exact) mass is 347 g/mol. The fourth-order valence-corrected chi connectivity index (χ4v) is 2.12. The van der Waals surface area contributed by atoms with Crippen molar-refractivity contribution in [3.05, 3.63) is 28.5 Å². The van der Waals surface area contributed by atoms with E-state index >= 15 is 0 Å². The molecule has 0 aromatic heterocycles. The number of carbonyl (C=O) groups is 1. The first-order valence-electron chi connectivity index (χ1n) is 6.13. The highest BCUT2D eigenvalue weighted by Gasteiger charge is 2.32. The third-order valence-corrected chi connectivity index (χ3v) is 3.44. The van der Waals surface area contributed by atoms with E-state index in [1.807, 2.05) is 0 Å². The van der Waals surface area contributed by atoms with E-state index in [0.29, 0.717) is 17.5 Å². The van der Waals surface area contributed by atoms with Crippen LogP contribution in [-0.2, 0) is 9.53 Å². The first-order valence-corrected chi connectivity index (χ1v) is 6.92. The molecular formula is C13H15BrFNO4. The number of hydrogen-bond acceptors (Lipinski definition) is 4. The molecule has 0 bridgehead atoms. The molecule has 1 aromatic carbocycles. The second kappa shape index (κ2) is 6.51. The van der Waals surface area contributed by atoms with E-state index in [9.17, 15) is 14.3 Å². The SMILES string of the molecule is O=C(COc1ccc(Br)cc1F)NCC1(O)CCOC1. The molecule has 110 valence electrons. The van der Waals surface area contributed by atoms with E-state index in [2.05, 4.69) is 21.2 Å². The predicted octanol–water partition coefficient (Wildman–Crippen LogP) is 1.23. The van der Waals surface area contributed by atoms with Crippen molar-refractivity contribution in [1.82, 2.24) is 5.32 Å². The molecule has 0 radical (unpaired) electrons. The molecule has 0 saturated carbocycles. The number of nitrogens with one attached hydrogen (secondary N) is 1. The van der Waals surface area contributed by atoms with Crippen LogP contribution in [0, 0.1) is 5.82 Å². The van der Waals surface area contributed by atoms with Gasteiger partial charge in [0.05, 0.1) is 6.61 Å². The van der Waals surface area contributed by atoms with Gasteiger partial charge in [-0.1, -0.05) is 15.9 Å². The van der Waals surface area contributed by atoms with Crippen LogP contribution in [-0.4, -0.2) is 43.0 Å². The fourth-order valence-electron chi connectivity index (χ4n) is 1.79. The van der Waals surface area contributed by atoms with E-state index in [4.69, 9.17) is 9.47 Å². The van der Waals surface area contributed by atoms with E-state index in [1.165, 1.54) is 12.1 Å².